The average molecular weight is 426 g/mol. The molecule has 2 nitrogen and oxygen atoms in total. The monoisotopic (exact) mass is 425 g/mol. The molecule has 2 heterocycles. The van der Waals surface area contributed by atoms with Crippen LogP contribution in [0.3, 0.4) is 0 Å². The van der Waals surface area contributed by atoms with E-state index in [1.165, 1.54) is 65.1 Å². The number of hydrogen-bond acceptors (Lipinski definition) is 2. The second-order valence-corrected chi connectivity index (χ2v) is 11.1. The van der Waals surface area contributed by atoms with Crippen LogP contribution in [0.2, 0.25) is 0 Å². The molecule has 2 heteroatoms. The first-order valence-electron chi connectivity index (χ1n) is 12.3. The molecule has 32 heavy (non-hydrogen) atoms. The molecule has 0 saturated heterocycles. The van der Waals surface area contributed by atoms with Gasteiger partial charge in [-0.25, -0.2) is 0 Å². The lowest BCUT2D eigenvalue weighted by molar-refractivity contribution is 0.542. The third kappa shape index (κ3) is 3.96. The Bertz CT molecular complexity index is 1270. The van der Waals surface area contributed by atoms with E-state index in [1.807, 2.05) is 0 Å². The molecule has 0 spiro atoms. The third-order valence-corrected chi connectivity index (χ3v) is 7.26. The van der Waals surface area contributed by atoms with Gasteiger partial charge in [0.2, 0.25) is 0 Å². The van der Waals surface area contributed by atoms with E-state index in [-0.39, 0.29) is 5.41 Å². The van der Waals surface area contributed by atoms with Gasteiger partial charge in [0.1, 0.15) is 11.2 Å². The van der Waals surface area contributed by atoms with Crippen molar-refractivity contribution < 1.29 is 4.42 Å². The van der Waals surface area contributed by atoms with E-state index in [1.54, 1.807) is 0 Å². The lowest BCUT2D eigenvalue weighted by atomic mass is 9.86. The molecule has 166 valence electrons. The molecule has 0 radical (unpaired) electrons. The predicted octanol–water partition coefficient (Wildman–Crippen LogP) is 8.80. The summed E-state index contributed by atoms with van der Waals surface area (Å²) in [5, 5.41) is 2.37. The Balaban J connectivity index is 1.59. The van der Waals surface area contributed by atoms with E-state index in [2.05, 4.69) is 83.3 Å². The van der Waals surface area contributed by atoms with Gasteiger partial charge >= 0.3 is 0 Å². The van der Waals surface area contributed by atoms with Crippen LogP contribution in [0.4, 0.5) is 0 Å². The van der Waals surface area contributed by atoms with Gasteiger partial charge in [0.25, 0.3) is 0 Å². The first-order valence-corrected chi connectivity index (χ1v) is 12.3. The molecule has 1 aliphatic rings. The van der Waals surface area contributed by atoms with Gasteiger partial charge in [-0.05, 0) is 76.8 Å². The predicted molar refractivity (Wildman–Crippen MR) is 135 cm³/mol. The zero-order valence-corrected chi connectivity index (χ0v) is 20.2. The number of fused-ring (bicyclic) bond motifs is 3. The number of pyridine rings is 1. The Morgan fingerprint density at radius 3 is 2.31 bits per heavy atom. The van der Waals surface area contributed by atoms with Crippen molar-refractivity contribution in [2.45, 2.75) is 78.1 Å². The molecule has 5 rings (SSSR count). The molecule has 0 atom stereocenters. The SMILES string of the molecule is CC(C)c1cnc(-c2ccc3oc4ccc(C(C)(C)C)cc4c3c2)cc1CC1CCCC1. The molecular weight excluding hydrogens is 390 g/mol. The number of furan rings is 1. The van der Waals surface area contributed by atoms with Crippen molar-refractivity contribution in [2.75, 3.05) is 0 Å². The van der Waals surface area contributed by atoms with E-state index in [4.69, 9.17) is 9.40 Å². The molecule has 1 saturated carbocycles. The highest BCUT2D eigenvalue weighted by Gasteiger charge is 2.20. The Kier molecular flexibility index (Phi) is 5.35. The largest absolute Gasteiger partial charge is 0.456 e. The summed E-state index contributed by atoms with van der Waals surface area (Å²) in [6.45, 7) is 11.3. The van der Waals surface area contributed by atoms with Crippen molar-refractivity contribution in [3.05, 3.63) is 65.4 Å². The fourth-order valence-electron chi connectivity index (χ4n) is 5.29. The van der Waals surface area contributed by atoms with E-state index in [0.717, 1.165) is 22.8 Å². The van der Waals surface area contributed by atoms with Crippen molar-refractivity contribution in [3.63, 3.8) is 0 Å². The lowest BCUT2D eigenvalue weighted by Crippen LogP contribution is -2.10. The molecule has 0 unspecified atom stereocenters. The summed E-state index contributed by atoms with van der Waals surface area (Å²) < 4.78 is 6.15. The van der Waals surface area contributed by atoms with E-state index in [0.29, 0.717) is 5.92 Å². The molecule has 1 aliphatic carbocycles. The topological polar surface area (TPSA) is 26.0 Å². The van der Waals surface area contributed by atoms with Crippen LogP contribution < -0.4 is 0 Å². The molecule has 0 amide bonds. The summed E-state index contributed by atoms with van der Waals surface area (Å²) >= 11 is 0. The van der Waals surface area contributed by atoms with Gasteiger partial charge in [-0.2, -0.15) is 0 Å². The Labute approximate surface area is 192 Å². The maximum absolute atomic E-state index is 6.15. The van der Waals surface area contributed by atoms with Crippen LogP contribution in [0.25, 0.3) is 33.2 Å². The average Bonchev–Trinajstić information content (AvgIpc) is 3.39. The van der Waals surface area contributed by atoms with Crippen LogP contribution >= 0.6 is 0 Å². The molecule has 2 aromatic heterocycles. The summed E-state index contributed by atoms with van der Waals surface area (Å²) in [4.78, 5) is 4.90. The summed E-state index contributed by atoms with van der Waals surface area (Å²) in [5.74, 6) is 1.34. The minimum Gasteiger partial charge on any atom is -0.456 e. The van der Waals surface area contributed by atoms with Crippen LogP contribution in [0.1, 0.15) is 82.9 Å². The maximum atomic E-state index is 6.15. The van der Waals surface area contributed by atoms with E-state index >= 15 is 0 Å². The first-order chi connectivity index (χ1) is 15.3. The molecule has 2 aromatic carbocycles. The van der Waals surface area contributed by atoms with Gasteiger partial charge in [0, 0.05) is 22.5 Å². The first kappa shape index (κ1) is 21.2. The molecule has 4 aromatic rings. The summed E-state index contributed by atoms with van der Waals surface area (Å²) in [6, 6.07) is 15.5. The Morgan fingerprint density at radius 2 is 1.62 bits per heavy atom. The van der Waals surface area contributed by atoms with Crippen molar-refractivity contribution in [1.29, 1.82) is 0 Å². The number of hydrogen-bond donors (Lipinski definition) is 0. The normalized spacial score (nSPS) is 15.4. The lowest BCUT2D eigenvalue weighted by Gasteiger charge is -2.18. The molecule has 0 N–H and O–H groups in total. The number of aromatic nitrogens is 1. The highest BCUT2D eigenvalue weighted by atomic mass is 16.3. The van der Waals surface area contributed by atoms with Crippen LogP contribution in [0, 0.1) is 5.92 Å². The molecule has 1 fully saturated rings. The Morgan fingerprint density at radius 1 is 0.938 bits per heavy atom. The molecule has 0 aliphatic heterocycles. The quantitative estimate of drug-likeness (QED) is 0.326. The highest BCUT2D eigenvalue weighted by Crippen LogP contribution is 2.36. The maximum Gasteiger partial charge on any atom is 0.135 e. The number of rotatable bonds is 4. The fraction of sp³-hybridized carbons (Fsp3) is 0.433. The van der Waals surface area contributed by atoms with Crippen molar-refractivity contribution in [1.82, 2.24) is 4.98 Å². The standard InChI is InChI=1S/C30H35NO/c1-19(2)26-18-31-27(16-22(26)14-20-8-6-7-9-20)21-10-12-28-24(15-21)25-17-23(30(3,4)5)11-13-29(25)32-28/h10-13,15-20H,6-9,14H2,1-5H3. The van der Waals surface area contributed by atoms with Crippen LogP contribution in [-0.2, 0) is 11.8 Å². The van der Waals surface area contributed by atoms with Gasteiger partial charge in [-0.15, -0.1) is 0 Å². The second kappa shape index (κ2) is 8.06. The fourth-order valence-corrected chi connectivity index (χ4v) is 5.29. The van der Waals surface area contributed by atoms with Crippen molar-refractivity contribution in [2.24, 2.45) is 5.92 Å². The molecular formula is C30H35NO. The van der Waals surface area contributed by atoms with Crippen LogP contribution in [-0.4, -0.2) is 4.98 Å². The van der Waals surface area contributed by atoms with Gasteiger partial charge < -0.3 is 4.42 Å². The zero-order valence-electron chi connectivity index (χ0n) is 20.2. The highest BCUT2D eigenvalue weighted by molar-refractivity contribution is 6.06. The van der Waals surface area contributed by atoms with Gasteiger partial charge in [0.05, 0.1) is 5.69 Å². The minimum atomic E-state index is 0.110. The van der Waals surface area contributed by atoms with Gasteiger partial charge in [-0.3, -0.25) is 4.98 Å². The van der Waals surface area contributed by atoms with Crippen LogP contribution in [0.15, 0.2) is 53.1 Å². The second-order valence-electron chi connectivity index (χ2n) is 11.1. The third-order valence-electron chi connectivity index (χ3n) is 7.26. The van der Waals surface area contributed by atoms with E-state index in [9.17, 15) is 0 Å². The Hall–Kier alpha value is -2.61. The summed E-state index contributed by atoms with van der Waals surface area (Å²) in [7, 11) is 0. The van der Waals surface area contributed by atoms with Gasteiger partial charge in [0.15, 0.2) is 0 Å². The van der Waals surface area contributed by atoms with Gasteiger partial charge in [-0.1, -0.05) is 66.4 Å². The molecule has 0 bridgehead atoms. The van der Waals surface area contributed by atoms with Crippen LogP contribution in [0.5, 0.6) is 0 Å². The number of nitrogens with zero attached hydrogens (tertiary/aromatic N) is 1. The van der Waals surface area contributed by atoms with E-state index < -0.39 is 0 Å². The zero-order chi connectivity index (χ0) is 22.5. The minimum absolute atomic E-state index is 0.110. The van der Waals surface area contributed by atoms with Crippen molar-refractivity contribution >= 4 is 21.9 Å². The summed E-state index contributed by atoms with van der Waals surface area (Å²) in [6.07, 6.45) is 8.84. The summed E-state index contributed by atoms with van der Waals surface area (Å²) in [5.41, 5.74) is 8.48. The smallest absolute Gasteiger partial charge is 0.135 e. The van der Waals surface area contributed by atoms with Crippen molar-refractivity contribution in [3.8, 4) is 11.3 Å². The number of benzene rings is 2.